The number of allylic oxidation sites excluding steroid dienone is 1. The third kappa shape index (κ3) is 4.76. The smallest absolute Gasteiger partial charge is 0.150 e. The summed E-state index contributed by atoms with van der Waals surface area (Å²) in [6, 6.07) is 17.8. The Morgan fingerprint density at radius 1 is 1.03 bits per heavy atom. The molecule has 2 heterocycles. The van der Waals surface area contributed by atoms with Crippen molar-refractivity contribution >= 4 is 11.1 Å². The van der Waals surface area contributed by atoms with Gasteiger partial charge in [0.15, 0.2) is 0 Å². The summed E-state index contributed by atoms with van der Waals surface area (Å²) in [4.78, 5) is 2.19. The Bertz CT molecular complexity index is 1230. The summed E-state index contributed by atoms with van der Waals surface area (Å²) in [6.45, 7) is 6.52. The quantitative estimate of drug-likeness (QED) is 0.441. The summed E-state index contributed by atoms with van der Waals surface area (Å²) < 4.78 is 38.6. The Kier molecular flexibility index (Phi) is 6.48. The number of halogens is 2. The maximum absolute atomic E-state index is 13.7. The topological polar surface area (TPSA) is 41.9 Å². The van der Waals surface area contributed by atoms with Crippen LogP contribution < -0.4 is 9.47 Å². The van der Waals surface area contributed by atoms with Gasteiger partial charge in [-0.2, -0.15) is 0 Å². The number of aromatic hydroxyl groups is 1. The minimum absolute atomic E-state index is 0.175. The number of rotatable bonds is 7. The monoisotopic (exact) mass is 477 g/mol. The molecule has 2 aliphatic rings. The average Bonchev–Trinajstić information content (AvgIpc) is 2.83. The fraction of sp³-hybridized carbons (Fsp3) is 0.310. The van der Waals surface area contributed by atoms with Crippen LogP contribution in [0.15, 0.2) is 60.7 Å². The van der Waals surface area contributed by atoms with E-state index in [0.29, 0.717) is 12.4 Å². The van der Waals surface area contributed by atoms with Gasteiger partial charge in [-0.3, -0.25) is 9.29 Å². The molecule has 6 heteroatoms. The molecule has 0 amide bonds. The van der Waals surface area contributed by atoms with Crippen molar-refractivity contribution in [2.45, 2.75) is 20.0 Å². The molecule has 2 aliphatic heterocycles. The summed E-state index contributed by atoms with van der Waals surface area (Å²) in [6.07, 6.45) is -0.398. The lowest BCUT2D eigenvalue weighted by Gasteiger charge is -2.37. The minimum Gasteiger partial charge on any atom is -0.508 e. The third-order valence-corrected chi connectivity index (χ3v) is 6.88. The van der Waals surface area contributed by atoms with Crippen molar-refractivity contribution in [3.63, 3.8) is 0 Å². The van der Waals surface area contributed by atoms with Crippen molar-refractivity contribution in [1.82, 2.24) is 4.90 Å². The average molecular weight is 478 g/mol. The van der Waals surface area contributed by atoms with Gasteiger partial charge in [0, 0.05) is 36.7 Å². The van der Waals surface area contributed by atoms with Gasteiger partial charge in [-0.15, -0.1) is 0 Å². The molecule has 0 spiro atoms. The zero-order chi connectivity index (χ0) is 24.5. The maximum Gasteiger partial charge on any atom is 0.150 e. The number of nitrogens with zero attached hydrogens (tertiary/aromatic N) is 1. The predicted molar refractivity (Wildman–Crippen MR) is 133 cm³/mol. The number of likely N-dealkylation sites (tertiary alicyclic amines) is 1. The summed E-state index contributed by atoms with van der Waals surface area (Å²) in [5, 5.41) is 10.3. The fourth-order valence-corrected chi connectivity index (χ4v) is 4.81. The maximum atomic E-state index is 13.7. The number of hydrogen-bond acceptors (Lipinski definition) is 4. The molecule has 3 aromatic carbocycles. The molecule has 0 unspecified atom stereocenters. The summed E-state index contributed by atoms with van der Waals surface area (Å²) in [5.74, 6) is 1.55. The van der Waals surface area contributed by atoms with Crippen LogP contribution in [0.3, 0.4) is 0 Å². The van der Waals surface area contributed by atoms with Crippen molar-refractivity contribution in [2.24, 2.45) is 5.92 Å². The second-order valence-corrected chi connectivity index (χ2v) is 9.38. The third-order valence-electron chi connectivity index (χ3n) is 6.88. The largest absolute Gasteiger partial charge is 0.508 e. The van der Waals surface area contributed by atoms with E-state index in [1.54, 1.807) is 18.2 Å². The highest BCUT2D eigenvalue weighted by Gasteiger charge is 2.30. The van der Waals surface area contributed by atoms with E-state index >= 15 is 0 Å². The van der Waals surface area contributed by atoms with Gasteiger partial charge in [0.05, 0.1) is 6.67 Å². The zero-order valence-electron chi connectivity index (χ0n) is 19.9. The van der Waals surface area contributed by atoms with Gasteiger partial charge < -0.3 is 14.6 Å². The second-order valence-electron chi connectivity index (χ2n) is 9.38. The Hall–Kier alpha value is -3.38. The van der Waals surface area contributed by atoms with E-state index in [2.05, 4.69) is 4.90 Å². The fourth-order valence-electron chi connectivity index (χ4n) is 4.81. The van der Waals surface area contributed by atoms with Gasteiger partial charge in [0.2, 0.25) is 0 Å². The number of benzene rings is 3. The van der Waals surface area contributed by atoms with E-state index in [0.717, 1.165) is 58.8 Å². The molecule has 182 valence electrons. The number of aryl methyl sites for hydroxylation is 1. The molecular formula is C29H29F2NO3. The van der Waals surface area contributed by atoms with Crippen molar-refractivity contribution in [3.05, 3.63) is 88.7 Å². The number of alkyl halides is 1. The number of phenolic OH excluding ortho intramolecular Hbond substituents is 1. The molecule has 0 saturated carbocycles. The highest BCUT2D eigenvalue weighted by molar-refractivity contribution is 5.95. The number of fused-ring (bicyclic) bond motifs is 1. The van der Waals surface area contributed by atoms with Crippen LogP contribution in [-0.2, 0) is 0 Å². The van der Waals surface area contributed by atoms with Crippen LogP contribution in [0, 0.1) is 18.7 Å². The van der Waals surface area contributed by atoms with E-state index in [1.165, 1.54) is 12.1 Å². The molecule has 1 atom stereocenters. The molecule has 35 heavy (non-hydrogen) atoms. The molecular weight excluding hydrogens is 448 g/mol. The first-order chi connectivity index (χ1) is 16.9. The Balaban J connectivity index is 1.39. The van der Waals surface area contributed by atoms with Gasteiger partial charge >= 0.3 is 0 Å². The van der Waals surface area contributed by atoms with Crippen molar-refractivity contribution in [3.8, 4) is 17.2 Å². The second kappa shape index (κ2) is 9.70. The Morgan fingerprint density at radius 3 is 2.43 bits per heavy atom. The molecule has 1 fully saturated rings. The molecule has 1 saturated heterocycles. The number of ether oxygens (including phenoxy) is 2. The number of phenols is 1. The zero-order valence-corrected chi connectivity index (χ0v) is 19.9. The van der Waals surface area contributed by atoms with Gasteiger partial charge in [0.25, 0.3) is 0 Å². The van der Waals surface area contributed by atoms with Gasteiger partial charge in [-0.1, -0.05) is 24.3 Å². The van der Waals surface area contributed by atoms with Crippen LogP contribution in [0.5, 0.6) is 17.2 Å². The van der Waals surface area contributed by atoms with E-state index in [1.807, 2.05) is 44.2 Å². The normalized spacial score (nSPS) is 18.1. The van der Waals surface area contributed by atoms with Gasteiger partial charge in [-0.25, -0.2) is 4.39 Å². The molecule has 4 nitrogen and oxygen atoms in total. The molecule has 0 radical (unpaired) electrons. The van der Waals surface area contributed by atoms with Crippen LogP contribution >= 0.6 is 0 Å². The van der Waals surface area contributed by atoms with Crippen molar-refractivity contribution < 1.29 is 23.4 Å². The summed E-state index contributed by atoms with van der Waals surface area (Å²) in [7, 11) is 0. The molecule has 1 N–H and O–H groups in total. The van der Waals surface area contributed by atoms with Gasteiger partial charge in [-0.05, 0) is 72.5 Å². The van der Waals surface area contributed by atoms with Crippen LogP contribution in [0.25, 0.3) is 11.1 Å². The highest BCUT2D eigenvalue weighted by Crippen LogP contribution is 2.48. The molecule has 0 aromatic heterocycles. The predicted octanol–water partition coefficient (Wildman–Crippen LogP) is 6.18. The first-order valence-electron chi connectivity index (χ1n) is 11.9. The summed E-state index contributed by atoms with van der Waals surface area (Å²) >= 11 is 0. The van der Waals surface area contributed by atoms with Crippen LogP contribution in [0.4, 0.5) is 8.78 Å². The lowest BCUT2D eigenvalue weighted by molar-refractivity contribution is 0.0668. The Morgan fingerprint density at radius 2 is 1.74 bits per heavy atom. The van der Waals surface area contributed by atoms with Crippen LogP contribution in [0.1, 0.15) is 35.3 Å². The van der Waals surface area contributed by atoms with Crippen molar-refractivity contribution in [1.29, 1.82) is 0 Å². The summed E-state index contributed by atoms with van der Waals surface area (Å²) in [5.41, 5.74) is 5.27. The van der Waals surface area contributed by atoms with Crippen LogP contribution in [-0.4, -0.2) is 42.9 Å². The highest BCUT2D eigenvalue weighted by atomic mass is 19.1. The van der Waals surface area contributed by atoms with E-state index in [-0.39, 0.29) is 24.2 Å². The van der Waals surface area contributed by atoms with E-state index < -0.39 is 6.10 Å². The molecule has 5 rings (SSSR count). The minimum atomic E-state index is -0.398. The van der Waals surface area contributed by atoms with E-state index in [9.17, 15) is 13.9 Å². The van der Waals surface area contributed by atoms with E-state index in [4.69, 9.17) is 9.47 Å². The first kappa shape index (κ1) is 23.4. The van der Waals surface area contributed by atoms with Crippen molar-refractivity contribution in [2.75, 3.05) is 32.9 Å². The lowest BCUT2D eigenvalue weighted by Crippen LogP contribution is -2.49. The molecule has 0 aliphatic carbocycles. The van der Waals surface area contributed by atoms with Gasteiger partial charge in [0.1, 0.15) is 35.8 Å². The SMILES string of the molecule is CC1=C(c2ccc(F)cc2)[C@H](c2ccc(OCCN3CC(CF)C3)cc2)Oc2cc(C)c(O)cc21. The standard InChI is InChI=1S/C29H29F2NO3/c1-18-13-27-25(14-26(18)33)19(2)28(21-3-7-23(31)8-4-21)29(35-27)22-5-9-24(10-6-22)34-12-11-32-16-20(15-30)17-32/h3-10,13-14,20,29,33H,11-12,15-17H2,1-2H3/t29-/m0/s1. The van der Waals surface area contributed by atoms with Crippen LogP contribution in [0.2, 0.25) is 0 Å². The Labute approximate surface area is 204 Å². The molecule has 3 aromatic rings. The number of hydrogen-bond donors (Lipinski definition) is 1. The molecule has 0 bridgehead atoms. The lowest BCUT2D eigenvalue weighted by atomic mass is 9.86. The first-order valence-corrected chi connectivity index (χ1v) is 11.9.